The van der Waals surface area contributed by atoms with Crippen LogP contribution < -0.4 is 0 Å². The van der Waals surface area contributed by atoms with E-state index in [0.717, 1.165) is 15.1 Å². The summed E-state index contributed by atoms with van der Waals surface area (Å²) >= 11 is 0. The first-order valence-electron chi connectivity index (χ1n) is 6.07. The highest BCUT2D eigenvalue weighted by atomic mass is 32.2. The van der Waals surface area contributed by atoms with Gasteiger partial charge in [0, 0.05) is 24.8 Å². The van der Waals surface area contributed by atoms with Gasteiger partial charge in [-0.25, -0.2) is 12.7 Å². The van der Waals surface area contributed by atoms with E-state index in [-0.39, 0.29) is 4.90 Å². The Bertz CT molecular complexity index is 820. The molecule has 5 heteroatoms. The molecule has 0 saturated carbocycles. The lowest BCUT2D eigenvalue weighted by Crippen LogP contribution is -2.20. The molecular formula is C15H12N2O2S. The average Bonchev–Trinajstić information content (AvgIpc) is 2.76. The molecule has 0 fully saturated rings. The summed E-state index contributed by atoms with van der Waals surface area (Å²) in [5.74, 6) is 0. The van der Waals surface area contributed by atoms with Crippen LogP contribution in [0.25, 0.3) is 10.8 Å². The van der Waals surface area contributed by atoms with E-state index in [2.05, 4.69) is 4.99 Å². The molecule has 100 valence electrons. The zero-order chi connectivity index (χ0) is 14.0. The molecular weight excluding hydrogens is 272 g/mol. The number of benzene rings is 2. The van der Waals surface area contributed by atoms with Crippen LogP contribution in [0, 0.1) is 0 Å². The third kappa shape index (κ3) is 2.23. The Morgan fingerprint density at radius 1 is 0.950 bits per heavy atom. The van der Waals surface area contributed by atoms with Crippen molar-refractivity contribution in [2.75, 3.05) is 0 Å². The molecule has 0 bridgehead atoms. The Labute approximate surface area is 117 Å². The zero-order valence-electron chi connectivity index (χ0n) is 10.5. The monoisotopic (exact) mass is 284 g/mol. The van der Waals surface area contributed by atoms with E-state index in [1.165, 1.54) is 24.8 Å². The molecule has 3 rings (SSSR count). The lowest BCUT2D eigenvalue weighted by atomic mass is 10.1. The second-order valence-corrected chi connectivity index (χ2v) is 6.12. The third-order valence-corrected chi connectivity index (χ3v) is 4.65. The summed E-state index contributed by atoms with van der Waals surface area (Å²) in [4.78, 5) is 4.14. The van der Waals surface area contributed by atoms with Gasteiger partial charge in [0.05, 0.1) is 4.90 Å². The molecule has 0 unspecified atom stereocenters. The van der Waals surface area contributed by atoms with E-state index in [0.29, 0.717) is 0 Å². The minimum atomic E-state index is -3.60. The van der Waals surface area contributed by atoms with E-state index in [1.807, 2.05) is 30.3 Å². The van der Waals surface area contributed by atoms with E-state index in [9.17, 15) is 8.42 Å². The van der Waals surface area contributed by atoms with Gasteiger partial charge in [-0.05, 0) is 29.0 Å². The fourth-order valence-electron chi connectivity index (χ4n) is 1.99. The highest BCUT2D eigenvalue weighted by molar-refractivity contribution is 7.89. The van der Waals surface area contributed by atoms with Gasteiger partial charge in [0.1, 0.15) is 0 Å². The van der Waals surface area contributed by atoms with Crippen molar-refractivity contribution in [2.24, 2.45) is 4.99 Å². The summed E-state index contributed by atoms with van der Waals surface area (Å²) in [6.45, 7) is 0. The van der Waals surface area contributed by atoms with E-state index in [1.54, 1.807) is 18.2 Å². The molecule has 0 atom stereocenters. The number of hydrogen-bond donors (Lipinski definition) is 0. The lowest BCUT2D eigenvalue weighted by molar-refractivity contribution is 0.553. The van der Waals surface area contributed by atoms with Gasteiger partial charge in [0.2, 0.25) is 0 Å². The maximum Gasteiger partial charge on any atom is 0.267 e. The van der Waals surface area contributed by atoms with Gasteiger partial charge in [0.25, 0.3) is 10.0 Å². The van der Waals surface area contributed by atoms with E-state index < -0.39 is 10.0 Å². The van der Waals surface area contributed by atoms with Gasteiger partial charge in [-0.15, -0.1) is 0 Å². The van der Waals surface area contributed by atoms with Gasteiger partial charge in [-0.1, -0.05) is 30.3 Å². The standard InChI is InChI=1S/C15H12N2O2S/c18-20(19,17-10-3-8-16-9-11-17)15-7-6-13-4-1-2-5-14(13)12-15/h1-12H. The van der Waals surface area contributed by atoms with Crippen molar-refractivity contribution < 1.29 is 8.42 Å². The van der Waals surface area contributed by atoms with Crippen LogP contribution >= 0.6 is 0 Å². The van der Waals surface area contributed by atoms with Crippen molar-refractivity contribution in [3.05, 3.63) is 67.1 Å². The van der Waals surface area contributed by atoms with Gasteiger partial charge >= 0.3 is 0 Å². The molecule has 0 radical (unpaired) electrons. The largest absolute Gasteiger partial charge is 0.267 e. The number of rotatable bonds is 2. The SMILES string of the molecule is O=S(=O)(c1ccc2ccccc2c1)N1C=CC=NC=C1. The smallest absolute Gasteiger partial charge is 0.263 e. The summed E-state index contributed by atoms with van der Waals surface area (Å²) in [5.41, 5.74) is 0. The van der Waals surface area contributed by atoms with Crippen molar-refractivity contribution in [2.45, 2.75) is 4.90 Å². The molecule has 2 aromatic rings. The molecule has 20 heavy (non-hydrogen) atoms. The lowest BCUT2D eigenvalue weighted by Gasteiger charge is -2.15. The molecule has 0 aliphatic carbocycles. The fourth-order valence-corrected chi connectivity index (χ4v) is 3.19. The molecule has 0 N–H and O–H groups in total. The van der Waals surface area contributed by atoms with Crippen LogP contribution in [-0.2, 0) is 10.0 Å². The minimum absolute atomic E-state index is 0.257. The molecule has 1 aliphatic rings. The van der Waals surface area contributed by atoms with E-state index in [4.69, 9.17) is 0 Å². The molecule has 4 nitrogen and oxygen atoms in total. The first kappa shape index (κ1) is 12.6. The molecule has 0 spiro atoms. The average molecular weight is 284 g/mol. The predicted molar refractivity (Wildman–Crippen MR) is 79.7 cm³/mol. The molecule has 1 heterocycles. The highest BCUT2D eigenvalue weighted by Crippen LogP contribution is 2.22. The van der Waals surface area contributed by atoms with E-state index >= 15 is 0 Å². The molecule has 0 amide bonds. The number of hydrogen-bond acceptors (Lipinski definition) is 3. The quantitative estimate of drug-likeness (QED) is 0.851. The molecule has 0 aromatic heterocycles. The van der Waals surface area contributed by atoms with Crippen molar-refractivity contribution in [1.82, 2.24) is 4.31 Å². The maximum atomic E-state index is 12.6. The number of nitrogens with zero attached hydrogens (tertiary/aromatic N) is 2. The van der Waals surface area contributed by atoms with Crippen molar-refractivity contribution in [1.29, 1.82) is 0 Å². The van der Waals surface area contributed by atoms with Crippen LogP contribution in [0.5, 0.6) is 0 Å². The van der Waals surface area contributed by atoms with Gasteiger partial charge in [0.15, 0.2) is 0 Å². The number of sulfonamides is 1. The summed E-state index contributed by atoms with van der Waals surface area (Å²) < 4.78 is 26.3. The fraction of sp³-hybridized carbons (Fsp3) is 0. The van der Waals surface area contributed by atoms with Crippen LogP contribution in [0.1, 0.15) is 0 Å². The second-order valence-electron chi connectivity index (χ2n) is 4.28. The highest BCUT2D eigenvalue weighted by Gasteiger charge is 2.20. The third-order valence-electron chi connectivity index (χ3n) is 3.00. The Morgan fingerprint density at radius 3 is 2.60 bits per heavy atom. The van der Waals surface area contributed by atoms with Gasteiger partial charge in [-0.3, -0.25) is 4.99 Å². The second kappa shape index (κ2) is 4.94. The van der Waals surface area contributed by atoms with Crippen LogP contribution in [-0.4, -0.2) is 18.9 Å². The summed E-state index contributed by atoms with van der Waals surface area (Å²) in [5, 5.41) is 1.91. The predicted octanol–water partition coefficient (Wildman–Crippen LogP) is 2.90. The zero-order valence-corrected chi connectivity index (χ0v) is 11.4. The summed E-state index contributed by atoms with van der Waals surface area (Å²) in [6.07, 6.45) is 7.45. The van der Waals surface area contributed by atoms with Gasteiger partial charge in [-0.2, -0.15) is 0 Å². The van der Waals surface area contributed by atoms with Crippen LogP contribution in [0.3, 0.4) is 0 Å². The summed E-state index contributed by atoms with van der Waals surface area (Å²) in [7, 11) is -3.60. The molecule has 1 aliphatic heterocycles. The van der Waals surface area contributed by atoms with Crippen LogP contribution in [0.15, 0.2) is 77.0 Å². The summed E-state index contributed by atoms with van der Waals surface area (Å²) in [6, 6.07) is 12.8. The topological polar surface area (TPSA) is 49.7 Å². The van der Waals surface area contributed by atoms with Crippen LogP contribution in [0.2, 0.25) is 0 Å². The van der Waals surface area contributed by atoms with Crippen molar-refractivity contribution >= 4 is 27.0 Å². The first-order valence-corrected chi connectivity index (χ1v) is 7.51. The molecule has 0 saturated heterocycles. The Kier molecular flexibility index (Phi) is 3.12. The minimum Gasteiger partial charge on any atom is -0.263 e. The molecule has 2 aromatic carbocycles. The normalized spacial score (nSPS) is 14.7. The number of aliphatic imine (C=N–C) groups is 1. The first-order chi connectivity index (χ1) is 9.68. The Morgan fingerprint density at radius 2 is 1.75 bits per heavy atom. The van der Waals surface area contributed by atoms with Crippen LogP contribution in [0.4, 0.5) is 0 Å². The van der Waals surface area contributed by atoms with Crippen molar-refractivity contribution in [3.8, 4) is 0 Å². The number of fused-ring (bicyclic) bond motifs is 1. The van der Waals surface area contributed by atoms with Crippen molar-refractivity contribution in [3.63, 3.8) is 0 Å². The number of allylic oxidation sites excluding steroid dienone is 1. The van der Waals surface area contributed by atoms with Gasteiger partial charge < -0.3 is 0 Å². The Balaban J connectivity index is 2.09. The maximum absolute atomic E-state index is 12.6. The Hall–Kier alpha value is -2.40.